The molecule has 2 aliphatic rings. The van der Waals surface area contributed by atoms with Crippen LogP contribution in [0.15, 0.2) is 0 Å². The average Bonchev–Trinajstić information content (AvgIpc) is 2.33. The third kappa shape index (κ3) is 3.55. The number of ether oxygens (including phenoxy) is 1. The summed E-state index contributed by atoms with van der Waals surface area (Å²) in [6, 6.07) is 0. The highest BCUT2D eigenvalue weighted by molar-refractivity contribution is 7.86. The summed E-state index contributed by atoms with van der Waals surface area (Å²) in [5.41, 5.74) is -0.418. The van der Waals surface area contributed by atoms with Crippen molar-refractivity contribution in [2.45, 2.75) is 39.2 Å². The maximum Gasteiger partial charge on any atom is 0.410 e. The van der Waals surface area contributed by atoms with Crippen molar-refractivity contribution in [1.82, 2.24) is 13.5 Å². The number of nitrogens with zero attached hydrogens (tertiary/aromatic N) is 3. The van der Waals surface area contributed by atoms with Crippen LogP contribution in [0.3, 0.4) is 0 Å². The molecule has 0 saturated carbocycles. The molecule has 0 aromatic carbocycles. The first-order chi connectivity index (χ1) is 9.95. The van der Waals surface area contributed by atoms with Gasteiger partial charge in [-0.05, 0) is 33.6 Å². The van der Waals surface area contributed by atoms with Crippen molar-refractivity contribution in [3.05, 3.63) is 0 Å². The van der Waals surface area contributed by atoms with Crippen LogP contribution in [0.25, 0.3) is 0 Å². The van der Waals surface area contributed by atoms with E-state index in [9.17, 15) is 13.2 Å². The molecule has 1 amide bonds. The summed E-state index contributed by atoms with van der Waals surface area (Å²) in [5, 5.41) is 0. The maximum atomic E-state index is 12.1. The molecule has 0 bridgehead atoms. The zero-order valence-corrected chi connectivity index (χ0v) is 14.9. The molecule has 0 aromatic heterocycles. The lowest BCUT2D eigenvalue weighted by molar-refractivity contribution is -0.0524. The van der Waals surface area contributed by atoms with E-state index in [1.54, 1.807) is 19.0 Å². The van der Waals surface area contributed by atoms with Gasteiger partial charge in [-0.2, -0.15) is 17.0 Å². The number of carbonyl (C=O) groups is 1. The Morgan fingerprint density at radius 2 is 1.64 bits per heavy atom. The topological polar surface area (TPSA) is 70.2 Å². The van der Waals surface area contributed by atoms with E-state index in [1.807, 2.05) is 20.8 Å². The quantitative estimate of drug-likeness (QED) is 0.759. The third-order valence-corrected chi connectivity index (χ3v) is 6.22. The number of hydrogen-bond acceptors (Lipinski definition) is 4. The Morgan fingerprint density at radius 1 is 1.14 bits per heavy atom. The van der Waals surface area contributed by atoms with E-state index in [0.717, 1.165) is 12.8 Å². The Labute approximate surface area is 133 Å². The predicted octanol–water partition coefficient (Wildman–Crippen LogP) is 1.13. The molecule has 2 fully saturated rings. The summed E-state index contributed by atoms with van der Waals surface area (Å²) in [6.45, 7) is 7.92. The molecule has 2 saturated heterocycles. The maximum absolute atomic E-state index is 12.1. The summed E-state index contributed by atoms with van der Waals surface area (Å²) >= 11 is 0. The standard InChI is InChI=1S/C14H27N3O4S/c1-13(2,3)21-12(18)16-10-14(11-16)6-8-17(9-7-14)22(19,20)15(4)5/h6-11H2,1-5H3. The Kier molecular flexibility index (Phi) is 4.49. The van der Waals surface area contributed by atoms with Gasteiger partial charge in [-0.25, -0.2) is 4.79 Å². The summed E-state index contributed by atoms with van der Waals surface area (Å²) in [4.78, 5) is 13.7. The smallest absolute Gasteiger partial charge is 0.410 e. The Balaban J connectivity index is 1.86. The van der Waals surface area contributed by atoms with E-state index >= 15 is 0 Å². The van der Waals surface area contributed by atoms with E-state index in [0.29, 0.717) is 26.2 Å². The van der Waals surface area contributed by atoms with Crippen LogP contribution in [-0.2, 0) is 14.9 Å². The van der Waals surface area contributed by atoms with Gasteiger partial charge in [0, 0.05) is 45.7 Å². The Bertz CT molecular complexity index is 523. The fourth-order valence-corrected chi connectivity index (χ4v) is 4.06. The molecule has 0 aliphatic carbocycles. The van der Waals surface area contributed by atoms with Gasteiger partial charge in [-0.15, -0.1) is 0 Å². The van der Waals surface area contributed by atoms with Crippen LogP contribution >= 0.6 is 0 Å². The van der Waals surface area contributed by atoms with Crippen molar-refractivity contribution in [2.75, 3.05) is 40.3 Å². The highest BCUT2D eigenvalue weighted by atomic mass is 32.2. The molecule has 0 unspecified atom stereocenters. The van der Waals surface area contributed by atoms with E-state index in [2.05, 4.69) is 0 Å². The third-order valence-electron chi connectivity index (χ3n) is 4.28. The van der Waals surface area contributed by atoms with Gasteiger partial charge < -0.3 is 9.64 Å². The first kappa shape index (κ1) is 17.5. The summed E-state index contributed by atoms with van der Waals surface area (Å²) in [7, 11) is -0.229. The molecule has 8 heteroatoms. The SMILES string of the molecule is CN(C)S(=O)(=O)N1CCC2(CC1)CN(C(=O)OC(C)(C)C)C2. The van der Waals surface area contributed by atoms with E-state index < -0.39 is 15.8 Å². The summed E-state index contributed by atoms with van der Waals surface area (Å²) < 4.78 is 32.3. The molecular formula is C14H27N3O4S. The van der Waals surface area contributed by atoms with Gasteiger partial charge in [0.15, 0.2) is 0 Å². The van der Waals surface area contributed by atoms with E-state index in [-0.39, 0.29) is 11.5 Å². The van der Waals surface area contributed by atoms with Crippen molar-refractivity contribution < 1.29 is 17.9 Å². The monoisotopic (exact) mass is 333 g/mol. The lowest BCUT2D eigenvalue weighted by Gasteiger charge is -2.53. The lowest BCUT2D eigenvalue weighted by atomic mass is 9.72. The first-order valence-corrected chi connectivity index (χ1v) is 9.00. The van der Waals surface area contributed by atoms with Gasteiger partial charge >= 0.3 is 6.09 Å². The van der Waals surface area contributed by atoms with Crippen LogP contribution in [0.4, 0.5) is 4.79 Å². The van der Waals surface area contributed by atoms with Crippen molar-refractivity contribution in [2.24, 2.45) is 5.41 Å². The highest BCUT2D eigenvalue weighted by Gasteiger charge is 2.49. The summed E-state index contributed by atoms with van der Waals surface area (Å²) in [6.07, 6.45) is 1.31. The Hall–Kier alpha value is -0.860. The minimum absolute atomic E-state index is 0.0647. The minimum Gasteiger partial charge on any atom is -0.444 e. The molecule has 0 atom stereocenters. The van der Waals surface area contributed by atoms with Crippen LogP contribution in [0.5, 0.6) is 0 Å². The van der Waals surface area contributed by atoms with Gasteiger partial charge in [0.1, 0.15) is 5.60 Å². The number of hydrogen-bond donors (Lipinski definition) is 0. The van der Waals surface area contributed by atoms with Crippen LogP contribution in [0.1, 0.15) is 33.6 Å². The molecule has 0 N–H and O–H groups in total. The molecule has 7 nitrogen and oxygen atoms in total. The number of likely N-dealkylation sites (tertiary alicyclic amines) is 1. The van der Waals surface area contributed by atoms with Gasteiger partial charge in [-0.1, -0.05) is 0 Å². The van der Waals surface area contributed by atoms with Crippen molar-refractivity contribution in [3.63, 3.8) is 0 Å². The molecular weight excluding hydrogens is 306 g/mol. The van der Waals surface area contributed by atoms with Crippen molar-refractivity contribution >= 4 is 16.3 Å². The van der Waals surface area contributed by atoms with Crippen LogP contribution in [-0.4, -0.2) is 73.9 Å². The first-order valence-electron chi connectivity index (χ1n) is 7.61. The number of piperidine rings is 1. The van der Waals surface area contributed by atoms with Gasteiger partial charge in [-0.3, -0.25) is 0 Å². The highest BCUT2D eigenvalue weighted by Crippen LogP contribution is 2.41. The molecule has 1 spiro atoms. The second kappa shape index (κ2) is 5.65. The fourth-order valence-electron chi connectivity index (χ4n) is 2.96. The van der Waals surface area contributed by atoms with Crippen LogP contribution in [0.2, 0.25) is 0 Å². The molecule has 128 valence electrons. The minimum atomic E-state index is -3.33. The normalized spacial score (nSPS) is 22.7. The zero-order chi connectivity index (χ0) is 16.8. The van der Waals surface area contributed by atoms with Crippen LogP contribution in [0, 0.1) is 5.41 Å². The molecule has 2 heterocycles. The molecule has 2 aliphatic heterocycles. The average molecular weight is 333 g/mol. The second-order valence-corrected chi connectivity index (χ2v) is 9.67. The molecule has 0 radical (unpaired) electrons. The van der Waals surface area contributed by atoms with Crippen LogP contribution < -0.4 is 0 Å². The molecule has 0 aromatic rings. The predicted molar refractivity (Wildman–Crippen MR) is 83.7 cm³/mol. The largest absolute Gasteiger partial charge is 0.444 e. The number of rotatable bonds is 2. The van der Waals surface area contributed by atoms with Gasteiger partial charge in [0.2, 0.25) is 0 Å². The Morgan fingerprint density at radius 3 is 2.05 bits per heavy atom. The van der Waals surface area contributed by atoms with E-state index in [4.69, 9.17) is 4.74 Å². The van der Waals surface area contributed by atoms with Gasteiger partial charge in [0.05, 0.1) is 0 Å². The number of amides is 1. The lowest BCUT2D eigenvalue weighted by Crippen LogP contribution is -2.63. The zero-order valence-electron chi connectivity index (χ0n) is 14.1. The van der Waals surface area contributed by atoms with Gasteiger partial charge in [0.25, 0.3) is 10.2 Å². The fraction of sp³-hybridized carbons (Fsp3) is 0.929. The molecule has 2 rings (SSSR count). The van der Waals surface area contributed by atoms with Crippen molar-refractivity contribution in [1.29, 1.82) is 0 Å². The van der Waals surface area contributed by atoms with Crippen molar-refractivity contribution in [3.8, 4) is 0 Å². The summed E-state index contributed by atoms with van der Waals surface area (Å²) in [5.74, 6) is 0. The molecule has 22 heavy (non-hydrogen) atoms. The second-order valence-electron chi connectivity index (χ2n) is 7.53. The van der Waals surface area contributed by atoms with E-state index in [1.165, 1.54) is 8.61 Å². The number of carbonyl (C=O) groups excluding carboxylic acids is 1.